The van der Waals surface area contributed by atoms with Gasteiger partial charge in [-0.3, -0.25) is 0 Å². The maximum absolute atomic E-state index is 11.4. The zero-order valence-electron chi connectivity index (χ0n) is 18.2. The van der Waals surface area contributed by atoms with E-state index >= 15 is 0 Å². The fourth-order valence-corrected chi connectivity index (χ4v) is 2.68. The third-order valence-corrected chi connectivity index (χ3v) is 4.34. The van der Waals surface area contributed by atoms with Gasteiger partial charge in [0.1, 0.15) is 0 Å². The lowest BCUT2D eigenvalue weighted by Crippen LogP contribution is -2.12. The highest BCUT2D eigenvalue weighted by Gasteiger charge is 2.16. The van der Waals surface area contributed by atoms with Crippen molar-refractivity contribution in [3.8, 4) is 11.7 Å². The van der Waals surface area contributed by atoms with Crippen LogP contribution in [0.3, 0.4) is 0 Å². The first-order valence-electron chi connectivity index (χ1n) is 9.54. The number of nitrogens with two attached hydrogens (primary N) is 1. The fourth-order valence-electron chi connectivity index (χ4n) is 2.16. The van der Waals surface area contributed by atoms with Crippen LogP contribution in [0.25, 0.3) is 11.3 Å². The van der Waals surface area contributed by atoms with Gasteiger partial charge in [0.2, 0.25) is 10.0 Å². The summed E-state index contributed by atoms with van der Waals surface area (Å²) in [6.07, 6.45) is 8.04. The summed E-state index contributed by atoms with van der Waals surface area (Å²) in [4.78, 5) is 4.48. The number of aromatic nitrogens is 3. The highest BCUT2D eigenvalue weighted by atomic mass is 32.2. The molecule has 9 heteroatoms. The molecule has 0 aliphatic carbocycles. The van der Waals surface area contributed by atoms with Crippen LogP contribution >= 0.6 is 0 Å². The van der Waals surface area contributed by atoms with Crippen LogP contribution in [0.4, 0.5) is 0 Å². The highest BCUT2D eigenvalue weighted by Crippen LogP contribution is 2.22. The summed E-state index contributed by atoms with van der Waals surface area (Å²) in [5.74, 6) is 0.569. The number of hydrogen-bond donors (Lipinski definition) is 2. The van der Waals surface area contributed by atoms with Gasteiger partial charge >= 0.3 is 6.01 Å². The summed E-state index contributed by atoms with van der Waals surface area (Å²) < 4.78 is 30.0. The van der Waals surface area contributed by atoms with Crippen LogP contribution in [0.2, 0.25) is 0 Å². The first-order chi connectivity index (χ1) is 14.4. The van der Waals surface area contributed by atoms with Gasteiger partial charge in [-0.2, -0.15) is 4.98 Å². The Hall–Kier alpha value is -2.75. The number of aliphatic hydroxyl groups excluding tert-OH is 1. The van der Waals surface area contributed by atoms with E-state index in [1.807, 2.05) is 39.8 Å². The van der Waals surface area contributed by atoms with Crippen molar-refractivity contribution in [3.05, 3.63) is 61.0 Å². The summed E-state index contributed by atoms with van der Waals surface area (Å²) in [6.45, 7) is 12.1. The Labute approximate surface area is 179 Å². The monoisotopic (exact) mass is 436 g/mol. The number of sulfonamides is 1. The molecule has 8 nitrogen and oxygen atoms in total. The lowest BCUT2D eigenvalue weighted by atomic mass is 10.2. The predicted molar refractivity (Wildman–Crippen MR) is 121 cm³/mol. The molecule has 0 atom stereocenters. The molecular weight excluding hydrogens is 404 g/mol. The summed E-state index contributed by atoms with van der Waals surface area (Å²) in [5, 5.41) is 16.5. The van der Waals surface area contributed by atoms with Gasteiger partial charge in [-0.05, 0) is 37.6 Å². The Morgan fingerprint density at radius 3 is 2.33 bits per heavy atom. The van der Waals surface area contributed by atoms with Crippen molar-refractivity contribution < 1.29 is 18.3 Å². The van der Waals surface area contributed by atoms with Crippen LogP contribution in [0.1, 0.15) is 39.9 Å². The molecule has 2 rings (SSSR count). The average molecular weight is 437 g/mol. The van der Waals surface area contributed by atoms with Crippen molar-refractivity contribution in [2.75, 3.05) is 13.7 Å². The first-order valence-corrected chi connectivity index (χ1v) is 11.1. The molecule has 2 aromatic rings. The normalized spacial score (nSPS) is 11.2. The van der Waals surface area contributed by atoms with Crippen LogP contribution in [-0.2, 0) is 10.0 Å². The van der Waals surface area contributed by atoms with E-state index in [4.69, 9.17) is 15.0 Å². The van der Waals surface area contributed by atoms with E-state index in [1.54, 1.807) is 29.0 Å². The van der Waals surface area contributed by atoms with E-state index in [0.717, 1.165) is 19.1 Å². The average Bonchev–Trinajstić information content (AvgIpc) is 3.19. The number of aliphatic hydroxyl groups is 1. The number of allylic oxidation sites excluding steroid dienone is 5. The minimum Gasteiger partial charge on any atom is -0.462 e. The second-order valence-electron chi connectivity index (χ2n) is 5.36. The lowest BCUT2D eigenvalue weighted by Gasteiger charge is -2.07. The van der Waals surface area contributed by atoms with Crippen molar-refractivity contribution >= 4 is 15.6 Å². The summed E-state index contributed by atoms with van der Waals surface area (Å²) in [7, 11) is -2.76. The van der Waals surface area contributed by atoms with Gasteiger partial charge in [-0.15, -0.1) is 5.10 Å². The lowest BCUT2D eigenvalue weighted by molar-refractivity contribution is 0.292. The van der Waals surface area contributed by atoms with Gasteiger partial charge in [0.05, 0.1) is 17.2 Å². The van der Waals surface area contributed by atoms with Crippen molar-refractivity contribution in [1.29, 1.82) is 0 Å². The summed E-state index contributed by atoms with van der Waals surface area (Å²) in [6, 6.07) is 6.34. The molecule has 0 aliphatic heterocycles. The zero-order chi connectivity index (χ0) is 23.2. The maximum atomic E-state index is 11.4. The quantitative estimate of drug-likeness (QED) is 0.611. The van der Waals surface area contributed by atoms with Crippen LogP contribution in [0.5, 0.6) is 6.01 Å². The zero-order valence-corrected chi connectivity index (χ0v) is 19.1. The molecule has 166 valence electrons. The largest absolute Gasteiger partial charge is 0.462 e. The third kappa shape index (κ3) is 7.94. The second kappa shape index (κ2) is 14.3. The predicted octanol–water partition coefficient (Wildman–Crippen LogP) is 3.48. The summed E-state index contributed by atoms with van der Waals surface area (Å²) in [5.41, 5.74) is 1.46. The van der Waals surface area contributed by atoms with Crippen LogP contribution in [0.15, 0.2) is 60.0 Å². The topological polar surface area (TPSA) is 120 Å². The van der Waals surface area contributed by atoms with E-state index in [1.165, 1.54) is 12.1 Å². The van der Waals surface area contributed by atoms with Crippen molar-refractivity contribution in [3.63, 3.8) is 0 Å². The molecule has 0 saturated carbocycles. The molecule has 0 bridgehead atoms. The molecule has 0 fully saturated rings. The number of nitrogens with zero attached hydrogens (tertiary/aromatic N) is 3. The standard InChI is InChI=1S/C18H22N4O3S.C2H6.CH4O/c1-4-7-8-14(6-3)17-20-18(25-13-5-2)21-22(17)15-9-11-16(12-10-15)26(19,23)24;2*1-2/h4,6-12H,1,5,13H2,2-3H3,(H2,19,23,24);1-2H3;2H,1H3/b8-7-,14-6+;;. The minimum atomic E-state index is -3.76. The second-order valence-corrected chi connectivity index (χ2v) is 6.92. The van der Waals surface area contributed by atoms with Crippen LogP contribution in [-0.4, -0.2) is 42.0 Å². The Bertz CT molecular complexity index is 930. The molecular formula is C21H32N4O4S. The molecule has 0 amide bonds. The van der Waals surface area contributed by atoms with Crippen molar-refractivity contribution in [2.24, 2.45) is 5.14 Å². The van der Waals surface area contributed by atoms with E-state index in [-0.39, 0.29) is 10.9 Å². The molecule has 0 unspecified atom stereocenters. The maximum Gasteiger partial charge on any atom is 0.336 e. The molecule has 30 heavy (non-hydrogen) atoms. The Morgan fingerprint density at radius 1 is 1.27 bits per heavy atom. The molecule has 0 spiro atoms. The number of rotatable bonds is 8. The smallest absolute Gasteiger partial charge is 0.336 e. The van der Waals surface area contributed by atoms with Gasteiger partial charge in [0, 0.05) is 12.7 Å². The Balaban J connectivity index is 0.00000198. The molecule has 0 aliphatic rings. The number of benzene rings is 1. The van der Waals surface area contributed by atoms with Gasteiger partial charge < -0.3 is 9.84 Å². The van der Waals surface area contributed by atoms with Gasteiger partial charge in [-0.1, -0.05) is 51.7 Å². The fraction of sp³-hybridized carbons (Fsp3) is 0.333. The van der Waals surface area contributed by atoms with E-state index in [9.17, 15) is 8.42 Å². The molecule has 0 radical (unpaired) electrons. The molecule has 0 saturated heterocycles. The number of ether oxygens (including phenoxy) is 1. The molecule has 3 N–H and O–H groups in total. The van der Waals surface area contributed by atoms with Crippen molar-refractivity contribution in [2.45, 2.75) is 39.0 Å². The van der Waals surface area contributed by atoms with Gasteiger partial charge in [0.15, 0.2) is 5.82 Å². The van der Waals surface area contributed by atoms with E-state index in [0.29, 0.717) is 18.1 Å². The minimum absolute atomic E-state index is 0.0307. The third-order valence-electron chi connectivity index (χ3n) is 3.41. The number of hydrogen-bond acceptors (Lipinski definition) is 6. The highest BCUT2D eigenvalue weighted by molar-refractivity contribution is 7.89. The van der Waals surface area contributed by atoms with Crippen LogP contribution < -0.4 is 9.88 Å². The van der Waals surface area contributed by atoms with Gasteiger partial charge in [0.25, 0.3) is 0 Å². The molecule has 1 aromatic heterocycles. The summed E-state index contributed by atoms with van der Waals surface area (Å²) >= 11 is 0. The Kier molecular flexibility index (Phi) is 13.0. The van der Waals surface area contributed by atoms with Crippen LogP contribution in [0, 0.1) is 0 Å². The first kappa shape index (κ1) is 27.2. The molecule has 1 aromatic carbocycles. The number of primary sulfonamides is 1. The molecule has 1 heterocycles. The van der Waals surface area contributed by atoms with E-state index in [2.05, 4.69) is 16.7 Å². The van der Waals surface area contributed by atoms with Gasteiger partial charge in [-0.25, -0.2) is 18.2 Å². The van der Waals surface area contributed by atoms with E-state index < -0.39 is 10.0 Å². The SMILES string of the molecule is C=C/C=C\C(=C/C)c1nc(OCCC)nn1-c1ccc(S(N)(=O)=O)cc1.CC.CO. The Morgan fingerprint density at radius 2 is 1.87 bits per heavy atom. The van der Waals surface area contributed by atoms with Crippen molar-refractivity contribution in [1.82, 2.24) is 14.8 Å².